The fraction of sp³-hybridized carbons (Fsp3) is 0.261. The Kier molecular flexibility index (Phi) is 3.70. The number of piperazine rings is 1. The van der Waals surface area contributed by atoms with Crippen LogP contribution in [0.15, 0.2) is 47.3 Å². The van der Waals surface area contributed by atoms with Crippen molar-refractivity contribution < 1.29 is 4.39 Å². The van der Waals surface area contributed by atoms with E-state index in [9.17, 15) is 9.18 Å². The van der Waals surface area contributed by atoms with Crippen molar-refractivity contribution in [2.24, 2.45) is 0 Å². The summed E-state index contributed by atoms with van der Waals surface area (Å²) in [5.41, 5.74) is 3.35. The van der Waals surface area contributed by atoms with Crippen LogP contribution in [0.25, 0.3) is 33.3 Å². The zero-order chi connectivity index (χ0) is 20.4. The van der Waals surface area contributed by atoms with E-state index >= 15 is 0 Å². The third-order valence-electron chi connectivity index (χ3n) is 6.08. The molecule has 0 unspecified atom stereocenters. The SMILES string of the molecule is C[C@@H]1CN(c2cc3nc4n(c(=O)c3cc2F)Cc2cc3ccccc3nc2-4)CCN1. The summed E-state index contributed by atoms with van der Waals surface area (Å²) in [5.74, 6) is 0.176. The summed E-state index contributed by atoms with van der Waals surface area (Å²) < 4.78 is 16.6. The average Bonchev–Trinajstić information content (AvgIpc) is 3.10. The molecule has 4 heterocycles. The molecule has 2 aliphatic rings. The standard InChI is InChI=1S/C23H20FN5O/c1-13-11-28(7-6-25-13)20-10-19-16(9-17(20)24)23(30)29-12-15-8-14-4-2-3-5-18(14)26-21(15)22(29)27-19/h2-5,8-10,13,25H,6-7,11-12H2,1H3/t13-/m1/s1. The van der Waals surface area contributed by atoms with Crippen LogP contribution >= 0.6 is 0 Å². The van der Waals surface area contributed by atoms with Crippen molar-refractivity contribution in [2.45, 2.75) is 19.5 Å². The molecular weight excluding hydrogens is 381 g/mol. The zero-order valence-corrected chi connectivity index (χ0v) is 16.5. The van der Waals surface area contributed by atoms with E-state index in [2.05, 4.69) is 18.3 Å². The average molecular weight is 401 g/mol. The van der Waals surface area contributed by atoms with Crippen molar-refractivity contribution in [2.75, 3.05) is 24.5 Å². The molecule has 1 N–H and O–H groups in total. The molecule has 6 nitrogen and oxygen atoms in total. The Morgan fingerprint density at radius 1 is 1.13 bits per heavy atom. The van der Waals surface area contributed by atoms with Gasteiger partial charge in [-0.2, -0.15) is 0 Å². The van der Waals surface area contributed by atoms with E-state index in [0.717, 1.165) is 28.7 Å². The van der Waals surface area contributed by atoms with Crippen LogP contribution in [-0.4, -0.2) is 40.2 Å². The van der Waals surface area contributed by atoms with Crippen LogP contribution in [0.2, 0.25) is 0 Å². The van der Waals surface area contributed by atoms with Crippen molar-refractivity contribution in [3.63, 3.8) is 0 Å². The molecule has 0 bridgehead atoms. The maximum absolute atomic E-state index is 15.0. The monoisotopic (exact) mass is 401 g/mol. The minimum absolute atomic E-state index is 0.226. The smallest absolute Gasteiger partial charge is 0.262 e. The first-order valence-corrected chi connectivity index (χ1v) is 10.2. The van der Waals surface area contributed by atoms with Gasteiger partial charge in [-0.1, -0.05) is 18.2 Å². The van der Waals surface area contributed by atoms with Gasteiger partial charge in [0.1, 0.15) is 11.5 Å². The van der Waals surface area contributed by atoms with E-state index in [-0.39, 0.29) is 17.4 Å². The van der Waals surface area contributed by atoms with Gasteiger partial charge in [0.2, 0.25) is 0 Å². The van der Waals surface area contributed by atoms with E-state index in [1.165, 1.54) is 6.07 Å². The summed E-state index contributed by atoms with van der Waals surface area (Å²) in [7, 11) is 0. The number of para-hydroxylation sites is 1. The quantitative estimate of drug-likeness (QED) is 0.468. The first-order chi connectivity index (χ1) is 14.6. The number of fused-ring (bicyclic) bond motifs is 5. The summed E-state index contributed by atoms with van der Waals surface area (Å²) in [4.78, 5) is 24.7. The molecule has 0 spiro atoms. The molecule has 1 fully saturated rings. The fourth-order valence-corrected chi connectivity index (χ4v) is 4.60. The molecule has 4 aromatic rings. The maximum atomic E-state index is 15.0. The van der Waals surface area contributed by atoms with Crippen molar-refractivity contribution >= 4 is 27.5 Å². The number of hydrogen-bond acceptors (Lipinski definition) is 5. The van der Waals surface area contributed by atoms with Gasteiger partial charge in [0.15, 0.2) is 5.82 Å². The molecule has 150 valence electrons. The second kappa shape index (κ2) is 6.34. The van der Waals surface area contributed by atoms with Crippen LogP contribution in [0.1, 0.15) is 12.5 Å². The van der Waals surface area contributed by atoms with E-state index in [0.29, 0.717) is 42.0 Å². The summed E-state index contributed by atoms with van der Waals surface area (Å²) >= 11 is 0. The summed E-state index contributed by atoms with van der Waals surface area (Å²) in [5, 5.41) is 4.70. The van der Waals surface area contributed by atoms with Gasteiger partial charge in [-0.05, 0) is 31.2 Å². The van der Waals surface area contributed by atoms with Crippen LogP contribution in [0, 0.1) is 5.82 Å². The molecule has 2 aromatic heterocycles. The highest BCUT2D eigenvalue weighted by Crippen LogP contribution is 2.32. The number of nitrogens with one attached hydrogen (secondary N) is 1. The lowest BCUT2D eigenvalue weighted by Crippen LogP contribution is -2.49. The minimum atomic E-state index is -0.379. The number of aromatic nitrogens is 3. The van der Waals surface area contributed by atoms with Gasteiger partial charge in [-0.25, -0.2) is 14.4 Å². The topological polar surface area (TPSA) is 63.1 Å². The summed E-state index contributed by atoms with van der Waals surface area (Å²) in [6.07, 6.45) is 0. The predicted octanol–water partition coefficient (Wildman–Crippen LogP) is 2.91. The first kappa shape index (κ1) is 17.5. The Morgan fingerprint density at radius 3 is 2.87 bits per heavy atom. The van der Waals surface area contributed by atoms with Crippen LogP contribution in [-0.2, 0) is 6.54 Å². The fourth-order valence-electron chi connectivity index (χ4n) is 4.60. The third kappa shape index (κ3) is 2.55. The molecule has 1 saturated heterocycles. The van der Waals surface area contributed by atoms with Crippen LogP contribution < -0.4 is 15.8 Å². The van der Waals surface area contributed by atoms with Gasteiger partial charge >= 0.3 is 0 Å². The Balaban J connectivity index is 1.55. The van der Waals surface area contributed by atoms with Crippen LogP contribution in [0.3, 0.4) is 0 Å². The van der Waals surface area contributed by atoms with E-state index in [1.807, 2.05) is 29.2 Å². The Morgan fingerprint density at radius 2 is 2.00 bits per heavy atom. The third-order valence-corrected chi connectivity index (χ3v) is 6.08. The van der Waals surface area contributed by atoms with Gasteiger partial charge in [-0.3, -0.25) is 9.36 Å². The first-order valence-electron chi connectivity index (χ1n) is 10.2. The molecule has 0 saturated carbocycles. The second-order valence-corrected chi connectivity index (χ2v) is 8.14. The number of nitrogens with zero attached hydrogens (tertiary/aromatic N) is 4. The lowest BCUT2D eigenvalue weighted by molar-refractivity contribution is 0.479. The van der Waals surface area contributed by atoms with E-state index in [4.69, 9.17) is 9.97 Å². The highest BCUT2D eigenvalue weighted by molar-refractivity contribution is 5.87. The number of hydrogen-bond donors (Lipinski definition) is 1. The minimum Gasteiger partial charge on any atom is -0.366 e. The molecule has 2 aliphatic heterocycles. The molecule has 0 aliphatic carbocycles. The zero-order valence-electron chi connectivity index (χ0n) is 16.5. The van der Waals surface area contributed by atoms with Crippen LogP contribution in [0.4, 0.5) is 10.1 Å². The summed E-state index contributed by atoms with van der Waals surface area (Å²) in [6.45, 7) is 4.71. The Hall–Kier alpha value is -3.32. The largest absolute Gasteiger partial charge is 0.366 e. The van der Waals surface area contributed by atoms with Crippen molar-refractivity contribution in [3.8, 4) is 11.5 Å². The van der Waals surface area contributed by atoms with E-state index in [1.54, 1.807) is 10.6 Å². The van der Waals surface area contributed by atoms with Crippen LogP contribution in [0.5, 0.6) is 0 Å². The number of halogens is 1. The van der Waals surface area contributed by atoms with Gasteiger partial charge in [0.05, 0.1) is 28.7 Å². The number of rotatable bonds is 1. The normalized spacial score (nSPS) is 18.1. The number of pyridine rings is 1. The van der Waals surface area contributed by atoms with Gasteiger partial charge in [0.25, 0.3) is 5.56 Å². The van der Waals surface area contributed by atoms with Gasteiger partial charge < -0.3 is 10.2 Å². The van der Waals surface area contributed by atoms with Crippen molar-refractivity contribution in [3.05, 3.63) is 64.2 Å². The predicted molar refractivity (Wildman–Crippen MR) is 115 cm³/mol. The lowest BCUT2D eigenvalue weighted by atomic mass is 10.1. The molecule has 1 atom stereocenters. The molecule has 2 aromatic carbocycles. The highest BCUT2D eigenvalue weighted by Gasteiger charge is 2.26. The van der Waals surface area contributed by atoms with Gasteiger partial charge in [0, 0.05) is 36.6 Å². The van der Waals surface area contributed by atoms with E-state index < -0.39 is 0 Å². The molecule has 0 amide bonds. The number of anilines is 1. The highest BCUT2D eigenvalue weighted by atomic mass is 19.1. The maximum Gasteiger partial charge on any atom is 0.262 e. The van der Waals surface area contributed by atoms with Crippen molar-refractivity contribution in [1.29, 1.82) is 0 Å². The molecule has 7 heteroatoms. The molecule has 6 rings (SSSR count). The Labute approximate surface area is 172 Å². The summed E-state index contributed by atoms with van der Waals surface area (Å²) in [6, 6.07) is 13.3. The molecular formula is C23H20FN5O. The molecule has 0 radical (unpaired) electrons. The van der Waals surface area contributed by atoms with Gasteiger partial charge in [-0.15, -0.1) is 0 Å². The Bertz CT molecular complexity index is 1400. The number of benzene rings is 2. The molecule has 30 heavy (non-hydrogen) atoms. The second-order valence-electron chi connectivity index (χ2n) is 8.14. The lowest BCUT2D eigenvalue weighted by Gasteiger charge is -2.33. The van der Waals surface area contributed by atoms with Crippen molar-refractivity contribution in [1.82, 2.24) is 19.9 Å².